The zero-order valence-electron chi connectivity index (χ0n) is 21.3. The van der Waals surface area contributed by atoms with E-state index in [9.17, 15) is 26.3 Å². The van der Waals surface area contributed by atoms with Crippen LogP contribution < -0.4 is 26.0 Å². The molecule has 0 saturated carbocycles. The van der Waals surface area contributed by atoms with Crippen molar-refractivity contribution in [2.24, 2.45) is 0 Å². The highest BCUT2D eigenvalue weighted by Gasteiger charge is 2.36. The van der Waals surface area contributed by atoms with Crippen LogP contribution in [0.5, 0.6) is 5.75 Å². The lowest BCUT2D eigenvalue weighted by Gasteiger charge is -2.21. The van der Waals surface area contributed by atoms with Crippen molar-refractivity contribution < 1.29 is 31.1 Å². The molecule has 0 amide bonds. The molecule has 0 spiro atoms. The normalized spacial score (nSPS) is 12.8. The molecular formula is C27H28Cl2F6N4O. The van der Waals surface area contributed by atoms with Crippen molar-refractivity contribution in [2.75, 3.05) is 38.7 Å². The van der Waals surface area contributed by atoms with Gasteiger partial charge in [-0.05, 0) is 53.6 Å². The van der Waals surface area contributed by atoms with Gasteiger partial charge >= 0.3 is 12.4 Å². The van der Waals surface area contributed by atoms with Crippen molar-refractivity contribution in [3.05, 3.63) is 93.0 Å². The highest BCUT2D eigenvalue weighted by Crippen LogP contribution is 2.36. The number of halogens is 8. The predicted molar refractivity (Wildman–Crippen MR) is 145 cm³/mol. The number of benzene rings is 3. The summed E-state index contributed by atoms with van der Waals surface area (Å²) in [5.74, 6) is 0.717. The summed E-state index contributed by atoms with van der Waals surface area (Å²) < 4.78 is 84.5. The van der Waals surface area contributed by atoms with Gasteiger partial charge in [0.1, 0.15) is 5.75 Å². The molecule has 0 aliphatic heterocycles. The van der Waals surface area contributed by atoms with Crippen molar-refractivity contribution in [2.45, 2.75) is 24.9 Å². The fourth-order valence-electron chi connectivity index (χ4n) is 3.88. The van der Waals surface area contributed by atoms with Crippen molar-refractivity contribution in [3.8, 4) is 5.75 Å². The van der Waals surface area contributed by atoms with Gasteiger partial charge in [0.2, 0.25) is 0 Å². The molecule has 0 aromatic heterocycles. The van der Waals surface area contributed by atoms with Gasteiger partial charge in [0.05, 0.1) is 34.0 Å². The molecule has 0 bridgehead atoms. The first-order valence-corrected chi connectivity index (χ1v) is 12.9. The monoisotopic (exact) mass is 608 g/mol. The summed E-state index contributed by atoms with van der Waals surface area (Å²) in [6.45, 7) is 1.48. The minimum Gasteiger partial charge on any atom is -0.495 e. The van der Waals surface area contributed by atoms with Crippen LogP contribution >= 0.6 is 23.2 Å². The number of alkyl halides is 6. The fourth-order valence-corrected chi connectivity index (χ4v) is 4.19. The van der Waals surface area contributed by atoms with Gasteiger partial charge in [-0.25, -0.2) is 0 Å². The third kappa shape index (κ3) is 9.45. The molecule has 1 unspecified atom stereocenters. The molecule has 0 aliphatic rings. The number of hydrogen-bond donors (Lipinski definition) is 4. The Bertz CT molecular complexity index is 1220. The minimum atomic E-state index is -4.91. The lowest BCUT2D eigenvalue weighted by molar-refractivity contribution is -0.143. The van der Waals surface area contributed by atoms with E-state index in [2.05, 4.69) is 21.3 Å². The standard InChI is InChI=1S/C27H28Cl2F6N4O/c1-40-25-5-3-2-4-23(25)38-9-8-36-16-39-24(18-6-7-21(28)22(29)12-18)15-37-14-17-10-19(26(30,31)32)13-20(11-17)27(33,34)35/h2-7,10-13,24,36-39H,8-9,14-16H2,1H3. The van der Waals surface area contributed by atoms with Gasteiger partial charge in [0.25, 0.3) is 0 Å². The van der Waals surface area contributed by atoms with Gasteiger partial charge in [-0.15, -0.1) is 0 Å². The molecule has 0 aliphatic carbocycles. The maximum atomic E-state index is 13.2. The molecule has 0 fully saturated rings. The molecule has 5 nitrogen and oxygen atoms in total. The van der Waals surface area contributed by atoms with Crippen molar-refractivity contribution in [1.82, 2.24) is 16.0 Å². The largest absolute Gasteiger partial charge is 0.495 e. The molecule has 13 heteroatoms. The molecule has 1 atom stereocenters. The Kier molecular flexibility index (Phi) is 11.4. The van der Waals surface area contributed by atoms with E-state index < -0.39 is 29.5 Å². The first-order valence-electron chi connectivity index (χ1n) is 12.1. The molecule has 4 N–H and O–H groups in total. The number of hydrogen-bond acceptors (Lipinski definition) is 5. The second kappa shape index (κ2) is 14.3. The van der Waals surface area contributed by atoms with Gasteiger partial charge < -0.3 is 20.7 Å². The molecule has 3 aromatic rings. The van der Waals surface area contributed by atoms with Crippen molar-refractivity contribution in [1.29, 1.82) is 0 Å². The highest BCUT2D eigenvalue weighted by molar-refractivity contribution is 6.42. The molecule has 0 radical (unpaired) electrons. The number of para-hydroxylation sites is 2. The average molecular weight is 609 g/mol. The summed E-state index contributed by atoms with van der Waals surface area (Å²) in [5.41, 5.74) is -1.28. The lowest BCUT2D eigenvalue weighted by Crippen LogP contribution is -2.38. The zero-order valence-corrected chi connectivity index (χ0v) is 22.8. The Hall–Kier alpha value is -2.70. The predicted octanol–water partition coefficient (Wildman–Crippen LogP) is 7.12. The molecule has 3 aromatic carbocycles. The smallest absolute Gasteiger partial charge is 0.416 e. The van der Waals surface area contributed by atoms with Gasteiger partial charge in [-0.1, -0.05) is 41.4 Å². The van der Waals surface area contributed by atoms with Crippen LogP contribution in [0.3, 0.4) is 0 Å². The fraction of sp³-hybridized carbons (Fsp3) is 0.333. The topological polar surface area (TPSA) is 57.4 Å². The first-order chi connectivity index (χ1) is 18.9. The molecule has 40 heavy (non-hydrogen) atoms. The van der Waals surface area contributed by atoms with E-state index in [0.29, 0.717) is 41.9 Å². The van der Waals surface area contributed by atoms with Crippen LogP contribution in [0.25, 0.3) is 0 Å². The number of ether oxygens (including phenoxy) is 1. The van der Waals surface area contributed by atoms with E-state index in [-0.39, 0.29) is 24.7 Å². The second-order valence-electron chi connectivity index (χ2n) is 8.78. The highest BCUT2D eigenvalue weighted by atomic mass is 35.5. The zero-order chi connectivity index (χ0) is 29.3. The summed E-state index contributed by atoms with van der Waals surface area (Å²) in [7, 11) is 1.59. The van der Waals surface area contributed by atoms with Gasteiger partial charge in [0, 0.05) is 38.9 Å². The van der Waals surface area contributed by atoms with Crippen LogP contribution in [0.15, 0.2) is 60.7 Å². The Balaban J connectivity index is 1.61. The van der Waals surface area contributed by atoms with Gasteiger partial charge in [-0.2, -0.15) is 26.3 Å². The minimum absolute atomic E-state index is 0.109. The van der Waals surface area contributed by atoms with Crippen molar-refractivity contribution in [3.63, 3.8) is 0 Å². The number of anilines is 1. The van der Waals surface area contributed by atoms with Crippen LogP contribution in [0.1, 0.15) is 28.3 Å². The van der Waals surface area contributed by atoms with E-state index >= 15 is 0 Å². The second-order valence-corrected chi connectivity index (χ2v) is 9.59. The Labute approximate surface area is 238 Å². The summed E-state index contributed by atoms with van der Waals surface area (Å²) in [5, 5.41) is 13.4. The number of rotatable bonds is 13. The van der Waals surface area contributed by atoms with Crippen molar-refractivity contribution >= 4 is 28.9 Å². The Morgan fingerprint density at radius 2 is 1.48 bits per heavy atom. The molecule has 3 rings (SSSR count). The quantitative estimate of drug-likeness (QED) is 0.0946. The van der Waals surface area contributed by atoms with Crippen LogP contribution in [0.4, 0.5) is 32.0 Å². The van der Waals surface area contributed by atoms with Crippen LogP contribution in [0, 0.1) is 0 Å². The maximum Gasteiger partial charge on any atom is 0.416 e. The first kappa shape index (κ1) is 31.8. The molecule has 0 heterocycles. The Morgan fingerprint density at radius 3 is 2.10 bits per heavy atom. The SMILES string of the molecule is COc1ccccc1NCCNCNC(CNCc1cc(C(F)(F)F)cc(C(F)(F)F)c1)c1ccc(Cl)c(Cl)c1. The lowest BCUT2D eigenvalue weighted by atomic mass is 10.0. The van der Waals surface area contributed by atoms with Crippen LogP contribution in [-0.4, -0.2) is 33.4 Å². The molecule has 218 valence electrons. The summed E-state index contributed by atoms with van der Waals surface area (Å²) in [6, 6.07) is 13.6. The van der Waals surface area contributed by atoms with E-state index in [4.69, 9.17) is 27.9 Å². The third-order valence-electron chi connectivity index (χ3n) is 5.87. The third-order valence-corrected chi connectivity index (χ3v) is 6.61. The van der Waals surface area contributed by atoms with Crippen LogP contribution in [0.2, 0.25) is 10.0 Å². The average Bonchev–Trinajstić information content (AvgIpc) is 2.90. The van der Waals surface area contributed by atoms with E-state index in [1.54, 1.807) is 25.3 Å². The molecular weight excluding hydrogens is 581 g/mol. The van der Waals surface area contributed by atoms with E-state index in [0.717, 1.165) is 17.0 Å². The van der Waals surface area contributed by atoms with E-state index in [1.165, 1.54) is 0 Å². The van der Waals surface area contributed by atoms with Gasteiger partial charge in [-0.3, -0.25) is 5.32 Å². The summed E-state index contributed by atoms with van der Waals surface area (Å²) in [6.07, 6.45) is -9.82. The van der Waals surface area contributed by atoms with Gasteiger partial charge in [0.15, 0.2) is 0 Å². The number of nitrogens with one attached hydrogen (secondary N) is 4. The van der Waals surface area contributed by atoms with Crippen LogP contribution in [-0.2, 0) is 18.9 Å². The van der Waals surface area contributed by atoms with E-state index in [1.807, 2.05) is 24.3 Å². The molecule has 0 saturated heterocycles. The summed E-state index contributed by atoms with van der Waals surface area (Å²) in [4.78, 5) is 0. The maximum absolute atomic E-state index is 13.2. The number of methoxy groups -OCH3 is 1. The Morgan fingerprint density at radius 1 is 0.800 bits per heavy atom. The summed E-state index contributed by atoms with van der Waals surface area (Å²) >= 11 is 12.2.